The number of rotatable bonds is 7. The van der Waals surface area contributed by atoms with Crippen LogP contribution in [-0.4, -0.2) is 43.5 Å². The second-order valence-corrected chi connectivity index (χ2v) is 8.40. The molecule has 2 amide bonds. The SMILES string of the molecule is N#Cc1c(NS(N)(=O)=O)cccc1OCC1CCCCN1C(=O)NCc1ccncc1. The van der Waals surface area contributed by atoms with E-state index in [1.165, 1.54) is 6.07 Å². The molecule has 1 saturated heterocycles. The third-order valence-corrected chi connectivity index (χ3v) is 5.41. The highest BCUT2D eigenvalue weighted by Crippen LogP contribution is 2.27. The maximum absolute atomic E-state index is 12.7. The lowest BCUT2D eigenvalue weighted by molar-refractivity contribution is 0.116. The van der Waals surface area contributed by atoms with E-state index in [1.54, 1.807) is 29.4 Å². The maximum atomic E-state index is 12.7. The standard InChI is InChI=1S/C20H24N6O4S/c21-12-17-18(25-31(22,28)29)5-3-6-19(17)30-14-16-4-1-2-11-26(16)20(27)24-13-15-7-9-23-10-8-15/h3,5-10,16,25H,1-2,4,11,13-14H2,(H,24,27)(H2,22,28,29). The van der Waals surface area contributed by atoms with E-state index in [9.17, 15) is 18.5 Å². The van der Waals surface area contributed by atoms with E-state index >= 15 is 0 Å². The Kier molecular flexibility index (Phi) is 7.28. The number of aromatic nitrogens is 1. The first-order chi connectivity index (χ1) is 14.9. The highest BCUT2D eigenvalue weighted by atomic mass is 32.2. The van der Waals surface area contributed by atoms with Crippen LogP contribution in [0.4, 0.5) is 10.5 Å². The minimum atomic E-state index is -4.03. The number of amides is 2. The van der Waals surface area contributed by atoms with Gasteiger partial charge in [-0.15, -0.1) is 0 Å². The molecule has 1 fully saturated rings. The number of piperidine rings is 1. The molecule has 0 radical (unpaired) electrons. The zero-order valence-electron chi connectivity index (χ0n) is 16.8. The normalized spacial score (nSPS) is 16.3. The van der Waals surface area contributed by atoms with E-state index in [-0.39, 0.29) is 35.7 Å². The second kappa shape index (κ2) is 10.1. The first-order valence-electron chi connectivity index (χ1n) is 9.77. The van der Waals surface area contributed by atoms with Crippen LogP contribution in [0.5, 0.6) is 5.75 Å². The lowest BCUT2D eigenvalue weighted by Crippen LogP contribution is -2.50. The molecule has 2 aromatic rings. The van der Waals surface area contributed by atoms with Crippen LogP contribution in [0.3, 0.4) is 0 Å². The van der Waals surface area contributed by atoms with Gasteiger partial charge in [0.05, 0.1) is 11.7 Å². The van der Waals surface area contributed by atoms with Crippen LogP contribution in [0.25, 0.3) is 0 Å². The fourth-order valence-corrected chi connectivity index (χ4v) is 3.89. The van der Waals surface area contributed by atoms with E-state index in [0.717, 1.165) is 24.8 Å². The summed E-state index contributed by atoms with van der Waals surface area (Å²) in [6.07, 6.45) is 5.96. The smallest absolute Gasteiger partial charge is 0.318 e. The molecule has 1 aliphatic rings. The summed E-state index contributed by atoms with van der Waals surface area (Å²) in [5.74, 6) is 0.221. The van der Waals surface area contributed by atoms with Gasteiger partial charge in [0.2, 0.25) is 0 Å². The number of pyridine rings is 1. The Morgan fingerprint density at radius 3 is 2.77 bits per heavy atom. The van der Waals surface area contributed by atoms with Crippen LogP contribution in [0.2, 0.25) is 0 Å². The quantitative estimate of drug-likeness (QED) is 0.591. The number of anilines is 1. The fraction of sp³-hybridized carbons (Fsp3) is 0.350. The number of nitrogens with zero attached hydrogens (tertiary/aromatic N) is 3. The molecule has 2 heterocycles. The number of nitrogens with one attached hydrogen (secondary N) is 2. The molecule has 1 unspecified atom stereocenters. The van der Waals surface area contributed by atoms with Gasteiger partial charge in [0.25, 0.3) is 10.2 Å². The largest absolute Gasteiger partial charge is 0.490 e. The van der Waals surface area contributed by atoms with Crippen molar-refractivity contribution >= 4 is 21.9 Å². The van der Waals surface area contributed by atoms with Crippen LogP contribution < -0.4 is 19.9 Å². The number of nitriles is 1. The third kappa shape index (κ3) is 6.31. The number of carbonyl (C=O) groups is 1. The molecule has 31 heavy (non-hydrogen) atoms. The van der Waals surface area contributed by atoms with Crippen molar-refractivity contribution < 1.29 is 17.9 Å². The minimum Gasteiger partial charge on any atom is -0.490 e. The Morgan fingerprint density at radius 2 is 2.06 bits per heavy atom. The first kappa shape index (κ1) is 22.3. The van der Waals surface area contributed by atoms with E-state index in [1.807, 2.05) is 18.2 Å². The van der Waals surface area contributed by atoms with E-state index < -0.39 is 10.2 Å². The number of likely N-dealkylation sites (tertiary alicyclic amines) is 1. The van der Waals surface area contributed by atoms with Crippen molar-refractivity contribution in [2.45, 2.75) is 31.8 Å². The van der Waals surface area contributed by atoms with Gasteiger partial charge in [-0.25, -0.2) is 9.93 Å². The summed E-state index contributed by atoms with van der Waals surface area (Å²) in [5.41, 5.74) is 1.02. The molecule has 10 nitrogen and oxygen atoms in total. The van der Waals surface area contributed by atoms with Crippen molar-refractivity contribution in [3.63, 3.8) is 0 Å². The zero-order chi connectivity index (χ0) is 22.3. The predicted molar refractivity (Wildman–Crippen MR) is 114 cm³/mol. The van der Waals surface area contributed by atoms with Gasteiger partial charge in [0.15, 0.2) is 0 Å². The minimum absolute atomic E-state index is 0.0287. The Balaban J connectivity index is 1.66. The number of ether oxygens (including phenoxy) is 1. The summed E-state index contributed by atoms with van der Waals surface area (Å²) in [5, 5.41) is 17.4. The predicted octanol–water partition coefficient (Wildman–Crippen LogP) is 1.71. The molecule has 0 saturated carbocycles. The Bertz CT molecular complexity index is 1060. The maximum Gasteiger partial charge on any atom is 0.318 e. The van der Waals surface area contributed by atoms with Crippen molar-refractivity contribution in [2.24, 2.45) is 5.14 Å². The van der Waals surface area contributed by atoms with Crippen LogP contribution in [0.1, 0.15) is 30.4 Å². The fourth-order valence-electron chi connectivity index (χ4n) is 3.41. The molecule has 1 aromatic heterocycles. The lowest BCUT2D eigenvalue weighted by Gasteiger charge is -2.35. The molecular formula is C20H24N6O4S. The molecule has 4 N–H and O–H groups in total. The van der Waals surface area contributed by atoms with Crippen molar-refractivity contribution in [1.82, 2.24) is 15.2 Å². The molecule has 1 aromatic carbocycles. The van der Waals surface area contributed by atoms with Gasteiger partial charge in [0.1, 0.15) is 24.0 Å². The lowest BCUT2D eigenvalue weighted by atomic mass is 10.0. The van der Waals surface area contributed by atoms with Crippen LogP contribution >= 0.6 is 0 Å². The first-order valence-corrected chi connectivity index (χ1v) is 11.3. The second-order valence-electron chi connectivity index (χ2n) is 7.11. The van der Waals surface area contributed by atoms with Crippen molar-refractivity contribution in [1.29, 1.82) is 5.26 Å². The summed E-state index contributed by atoms with van der Waals surface area (Å²) in [6, 6.07) is 9.81. The molecule has 1 atom stereocenters. The summed E-state index contributed by atoms with van der Waals surface area (Å²) >= 11 is 0. The van der Waals surface area contributed by atoms with Crippen LogP contribution in [-0.2, 0) is 16.8 Å². The van der Waals surface area contributed by atoms with Gasteiger partial charge in [-0.3, -0.25) is 9.71 Å². The summed E-state index contributed by atoms with van der Waals surface area (Å²) < 4.78 is 30.6. The van der Waals surface area contributed by atoms with E-state index in [4.69, 9.17) is 9.88 Å². The van der Waals surface area contributed by atoms with Gasteiger partial charge >= 0.3 is 6.03 Å². The zero-order valence-corrected chi connectivity index (χ0v) is 17.6. The number of nitrogens with two attached hydrogens (primary N) is 1. The monoisotopic (exact) mass is 444 g/mol. The highest BCUT2D eigenvalue weighted by Gasteiger charge is 2.27. The summed E-state index contributed by atoms with van der Waals surface area (Å²) in [7, 11) is -4.03. The Hall–Kier alpha value is -3.36. The van der Waals surface area contributed by atoms with E-state index in [2.05, 4.69) is 15.0 Å². The van der Waals surface area contributed by atoms with Gasteiger partial charge in [-0.05, 0) is 49.1 Å². The Labute approximate surface area is 181 Å². The van der Waals surface area contributed by atoms with Gasteiger partial charge in [-0.2, -0.15) is 13.7 Å². The molecule has 164 valence electrons. The van der Waals surface area contributed by atoms with Gasteiger partial charge < -0.3 is 15.0 Å². The Morgan fingerprint density at radius 1 is 1.29 bits per heavy atom. The molecule has 0 aliphatic carbocycles. The van der Waals surface area contributed by atoms with Crippen molar-refractivity contribution in [3.05, 3.63) is 53.9 Å². The van der Waals surface area contributed by atoms with Crippen molar-refractivity contribution in [3.8, 4) is 11.8 Å². The summed E-state index contributed by atoms with van der Waals surface area (Å²) in [6.45, 7) is 1.18. The van der Waals surface area contributed by atoms with Crippen LogP contribution in [0, 0.1) is 11.3 Å². The third-order valence-electron chi connectivity index (χ3n) is 4.90. The average molecular weight is 445 g/mol. The number of hydrogen-bond donors (Lipinski definition) is 3. The molecule has 1 aliphatic heterocycles. The van der Waals surface area contributed by atoms with Gasteiger partial charge in [0, 0.05) is 25.5 Å². The highest BCUT2D eigenvalue weighted by molar-refractivity contribution is 7.90. The number of urea groups is 1. The number of hydrogen-bond acceptors (Lipinski definition) is 6. The summed E-state index contributed by atoms with van der Waals surface area (Å²) in [4.78, 5) is 18.4. The van der Waals surface area contributed by atoms with Crippen molar-refractivity contribution in [2.75, 3.05) is 17.9 Å². The molecule has 0 bridgehead atoms. The number of benzene rings is 1. The number of carbonyl (C=O) groups excluding carboxylic acids is 1. The van der Waals surface area contributed by atoms with E-state index in [0.29, 0.717) is 13.1 Å². The topological polar surface area (TPSA) is 150 Å². The van der Waals surface area contributed by atoms with Crippen LogP contribution in [0.15, 0.2) is 42.7 Å². The molecule has 0 spiro atoms. The molecule has 3 rings (SSSR count). The van der Waals surface area contributed by atoms with Gasteiger partial charge in [-0.1, -0.05) is 6.07 Å². The molecule has 11 heteroatoms. The average Bonchev–Trinajstić information content (AvgIpc) is 2.76. The molecular weight excluding hydrogens is 420 g/mol.